The molecular formula is C25H23N3O6. The summed E-state index contributed by atoms with van der Waals surface area (Å²) in [6.45, 7) is 4.03. The number of carbonyl (C=O) groups is 1. The molecule has 0 bridgehead atoms. The van der Waals surface area contributed by atoms with Gasteiger partial charge in [-0.15, -0.1) is 4.91 Å². The molecule has 9 heteroatoms. The summed E-state index contributed by atoms with van der Waals surface area (Å²) in [7, 11) is 1.61. The van der Waals surface area contributed by atoms with E-state index in [0.29, 0.717) is 0 Å². The van der Waals surface area contributed by atoms with Crippen LogP contribution in [-0.2, 0) is 6.61 Å². The van der Waals surface area contributed by atoms with Crippen molar-refractivity contribution >= 4 is 16.9 Å². The van der Waals surface area contributed by atoms with Gasteiger partial charge in [0.1, 0.15) is 12.4 Å². The summed E-state index contributed by atoms with van der Waals surface area (Å²) in [5.41, 5.74) is 5.12. The topological polar surface area (TPSA) is 131 Å². The highest BCUT2D eigenvalue weighted by atomic mass is 16.6. The van der Waals surface area contributed by atoms with E-state index in [-0.39, 0.29) is 18.1 Å². The number of aromatic nitrogens is 2. The maximum atomic E-state index is 11.8. The molecule has 2 heterocycles. The van der Waals surface area contributed by atoms with Crippen LogP contribution < -0.4 is 9.47 Å². The van der Waals surface area contributed by atoms with Gasteiger partial charge in [0, 0.05) is 28.4 Å². The lowest BCUT2D eigenvalue weighted by Gasteiger charge is -2.15. The average Bonchev–Trinajstić information content (AvgIpc) is 2.83. The monoisotopic (exact) mass is 461 g/mol. The van der Waals surface area contributed by atoms with Crippen molar-refractivity contribution in [2.75, 3.05) is 7.11 Å². The van der Waals surface area contributed by atoms with E-state index in [2.05, 4.69) is 9.97 Å². The number of hydrogen-bond donors (Lipinski definition) is 2. The lowest BCUT2D eigenvalue weighted by molar-refractivity contribution is 0.0684. The minimum atomic E-state index is -1.13. The number of aryl methyl sites for hydroxylation is 1. The second-order valence-electron chi connectivity index (χ2n) is 7.36. The van der Waals surface area contributed by atoms with Crippen LogP contribution in [0.25, 0.3) is 22.0 Å². The third kappa shape index (κ3) is 5.44. The van der Waals surface area contributed by atoms with Crippen molar-refractivity contribution in [2.45, 2.75) is 20.5 Å². The second kappa shape index (κ2) is 10.9. The van der Waals surface area contributed by atoms with Crippen LogP contribution in [0.3, 0.4) is 0 Å². The van der Waals surface area contributed by atoms with Gasteiger partial charge in [0.25, 0.3) is 0 Å². The Morgan fingerprint density at radius 1 is 1.06 bits per heavy atom. The van der Waals surface area contributed by atoms with Gasteiger partial charge in [-0.25, -0.2) is 9.78 Å². The molecule has 0 aliphatic rings. The highest BCUT2D eigenvalue weighted by Crippen LogP contribution is 2.33. The first kappa shape index (κ1) is 24.1. The molecule has 4 rings (SSSR count). The minimum Gasteiger partial charge on any atom is -0.497 e. The lowest BCUT2D eigenvalue weighted by atomic mass is 9.99. The molecule has 0 saturated carbocycles. The van der Waals surface area contributed by atoms with Crippen LogP contribution in [0.2, 0.25) is 0 Å². The minimum absolute atomic E-state index is 0.104. The third-order valence-corrected chi connectivity index (χ3v) is 5.17. The van der Waals surface area contributed by atoms with Crippen LogP contribution in [0.1, 0.15) is 27.3 Å². The number of methoxy groups -OCH3 is 1. The van der Waals surface area contributed by atoms with Gasteiger partial charge in [-0.3, -0.25) is 4.98 Å². The number of ether oxygens (including phenoxy) is 2. The molecule has 0 aliphatic carbocycles. The number of pyridine rings is 2. The van der Waals surface area contributed by atoms with Crippen molar-refractivity contribution < 1.29 is 24.6 Å². The Balaban J connectivity index is 0.00000103. The van der Waals surface area contributed by atoms with E-state index in [1.54, 1.807) is 13.3 Å². The molecular weight excluding hydrogens is 438 g/mol. The molecule has 9 nitrogen and oxygen atoms in total. The van der Waals surface area contributed by atoms with E-state index < -0.39 is 5.97 Å². The Bertz CT molecular complexity index is 1320. The number of hydrogen-bond acceptors (Lipinski definition) is 7. The van der Waals surface area contributed by atoms with E-state index in [4.69, 9.17) is 19.6 Å². The van der Waals surface area contributed by atoms with E-state index in [9.17, 15) is 9.90 Å². The number of carboxylic acid groups (broad SMARTS) is 1. The Morgan fingerprint density at radius 2 is 1.76 bits per heavy atom. The molecule has 0 spiro atoms. The summed E-state index contributed by atoms with van der Waals surface area (Å²) >= 11 is 0. The Kier molecular flexibility index (Phi) is 7.71. The first-order chi connectivity index (χ1) is 16.4. The molecule has 0 fully saturated rings. The Hall–Kier alpha value is -4.53. The maximum absolute atomic E-state index is 11.8. The zero-order valence-electron chi connectivity index (χ0n) is 18.8. The molecule has 0 saturated heterocycles. The van der Waals surface area contributed by atoms with Gasteiger partial charge < -0.3 is 19.8 Å². The molecule has 174 valence electrons. The number of carboxylic acids is 1. The van der Waals surface area contributed by atoms with Gasteiger partial charge in [-0.1, -0.05) is 24.3 Å². The van der Waals surface area contributed by atoms with Gasteiger partial charge >= 0.3 is 5.97 Å². The predicted molar refractivity (Wildman–Crippen MR) is 126 cm³/mol. The molecule has 0 atom stereocenters. The summed E-state index contributed by atoms with van der Waals surface area (Å²) in [5.74, 6) is -0.115. The van der Waals surface area contributed by atoms with Crippen LogP contribution >= 0.6 is 0 Å². The molecule has 2 N–H and O–H groups in total. The second-order valence-corrected chi connectivity index (χ2v) is 7.36. The van der Waals surface area contributed by atoms with Crippen LogP contribution in [0.15, 0.2) is 66.1 Å². The molecule has 0 radical (unpaired) electrons. The molecule has 4 aromatic rings. The normalized spacial score (nSPS) is 10.2. The SMILES string of the molecule is COc1ccc(COc2c(C(=O)O)ncc(-c3ccc4nc(C)ccc4c3)c2C)cc1.O=NO. The fourth-order valence-corrected chi connectivity index (χ4v) is 3.48. The Labute approximate surface area is 195 Å². The van der Waals surface area contributed by atoms with Gasteiger partial charge in [-0.05, 0) is 55.3 Å². The largest absolute Gasteiger partial charge is 0.497 e. The molecule has 2 aromatic carbocycles. The van der Waals surface area contributed by atoms with E-state index in [1.165, 1.54) is 5.34 Å². The average molecular weight is 461 g/mol. The molecule has 2 aromatic heterocycles. The van der Waals surface area contributed by atoms with E-state index in [1.807, 2.05) is 68.4 Å². The lowest BCUT2D eigenvalue weighted by Crippen LogP contribution is -2.08. The summed E-state index contributed by atoms with van der Waals surface area (Å²) in [5, 5.41) is 18.5. The van der Waals surface area contributed by atoms with Gasteiger partial charge in [0.2, 0.25) is 0 Å². The zero-order valence-corrected chi connectivity index (χ0v) is 18.8. The fourth-order valence-electron chi connectivity index (χ4n) is 3.48. The molecule has 0 amide bonds. The smallest absolute Gasteiger partial charge is 0.358 e. The molecule has 0 unspecified atom stereocenters. The van der Waals surface area contributed by atoms with Gasteiger partial charge in [0.05, 0.1) is 12.6 Å². The number of benzene rings is 2. The van der Waals surface area contributed by atoms with E-state index >= 15 is 0 Å². The van der Waals surface area contributed by atoms with Crippen molar-refractivity contribution in [1.82, 2.24) is 9.97 Å². The molecule has 0 aliphatic heterocycles. The standard InChI is InChI=1S/C25H22N2O4.HNO2/c1-15-4-7-19-12-18(8-11-22(19)27-15)21-13-26-23(25(28)29)24(16(21)2)31-14-17-5-9-20(30-3)10-6-17;2-1-3/h4-13H,14H2,1-3H3,(H,28,29);(H,2,3). The summed E-state index contributed by atoms with van der Waals surface area (Å²) in [6, 6.07) is 17.4. The highest BCUT2D eigenvalue weighted by Gasteiger charge is 2.19. The van der Waals surface area contributed by atoms with Crippen molar-refractivity contribution in [3.05, 3.63) is 88.2 Å². The van der Waals surface area contributed by atoms with Crippen LogP contribution in [0.4, 0.5) is 0 Å². The predicted octanol–water partition coefficient (Wildman–Crippen LogP) is 5.34. The van der Waals surface area contributed by atoms with Gasteiger partial charge in [-0.2, -0.15) is 0 Å². The first-order valence-corrected chi connectivity index (χ1v) is 10.2. The third-order valence-electron chi connectivity index (χ3n) is 5.17. The number of fused-ring (bicyclic) bond motifs is 1. The van der Waals surface area contributed by atoms with Crippen molar-refractivity contribution in [1.29, 1.82) is 0 Å². The number of nitrogens with zero attached hydrogens (tertiary/aromatic N) is 3. The van der Waals surface area contributed by atoms with Crippen LogP contribution in [0.5, 0.6) is 11.5 Å². The van der Waals surface area contributed by atoms with E-state index in [0.717, 1.165) is 44.6 Å². The van der Waals surface area contributed by atoms with Crippen molar-refractivity contribution in [3.8, 4) is 22.6 Å². The quantitative estimate of drug-likeness (QED) is 0.290. The molecule has 34 heavy (non-hydrogen) atoms. The summed E-state index contributed by atoms with van der Waals surface area (Å²) in [6.07, 6.45) is 1.59. The summed E-state index contributed by atoms with van der Waals surface area (Å²) < 4.78 is 11.1. The maximum Gasteiger partial charge on any atom is 0.358 e. The highest BCUT2D eigenvalue weighted by molar-refractivity contribution is 5.91. The fraction of sp³-hybridized carbons (Fsp3) is 0.160. The van der Waals surface area contributed by atoms with Crippen molar-refractivity contribution in [2.24, 2.45) is 5.34 Å². The number of aromatic carboxylic acids is 1. The summed E-state index contributed by atoms with van der Waals surface area (Å²) in [4.78, 5) is 28.6. The number of rotatable bonds is 6. The van der Waals surface area contributed by atoms with Crippen LogP contribution in [0, 0.1) is 18.8 Å². The Morgan fingerprint density at radius 3 is 2.41 bits per heavy atom. The van der Waals surface area contributed by atoms with Crippen LogP contribution in [-0.4, -0.2) is 33.4 Å². The zero-order chi connectivity index (χ0) is 24.7. The van der Waals surface area contributed by atoms with Gasteiger partial charge in [0.15, 0.2) is 16.8 Å². The first-order valence-electron chi connectivity index (χ1n) is 10.2. The van der Waals surface area contributed by atoms with Crippen molar-refractivity contribution in [3.63, 3.8) is 0 Å².